The molecule has 1 N–H and O–H groups in total. The maximum atomic E-state index is 12.9. The third kappa shape index (κ3) is 3.88. The van der Waals surface area contributed by atoms with Gasteiger partial charge in [0.2, 0.25) is 0 Å². The fraction of sp³-hybridized carbons (Fsp3) is 0.278. The van der Waals surface area contributed by atoms with Gasteiger partial charge >= 0.3 is 12.1 Å². The van der Waals surface area contributed by atoms with Crippen LogP contribution in [-0.2, 0) is 10.9 Å². The van der Waals surface area contributed by atoms with Crippen LogP contribution in [-0.4, -0.2) is 23.5 Å². The topological polar surface area (TPSA) is 68.3 Å². The zero-order valence-corrected chi connectivity index (χ0v) is 16.7. The van der Waals surface area contributed by atoms with Crippen molar-refractivity contribution in [3.63, 3.8) is 0 Å². The van der Waals surface area contributed by atoms with E-state index in [2.05, 4.69) is 10.3 Å². The van der Waals surface area contributed by atoms with E-state index < -0.39 is 23.7 Å². The molecule has 0 aromatic carbocycles. The lowest BCUT2D eigenvalue weighted by Gasteiger charge is -2.04. The first kappa shape index (κ1) is 20.3. The van der Waals surface area contributed by atoms with Gasteiger partial charge in [0.05, 0.1) is 16.5 Å². The van der Waals surface area contributed by atoms with Gasteiger partial charge in [-0.25, -0.2) is 9.78 Å². The monoisotopic (exact) mass is 428 g/mol. The number of esters is 1. The summed E-state index contributed by atoms with van der Waals surface area (Å²) >= 11 is 1.98. The Morgan fingerprint density at radius 1 is 1.18 bits per heavy atom. The number of amides is 1. The summed E-state index contributed by atoms with van der Waals surface area (Å²) in [4.78, 5) is 29.0. The Morgan fingerprint density at radius 3 is 2.54 bits per heavy atom. The summed E-state index contributed by atoms with van der Waals surface area (Å²) in [5, 5.41) is 3.64. The zero-order valence-electron chi connectivity index (χ0n) is 15.1. The molecule has 1 amide bonds. The third-order valence-electron chi connectivity index (χ3n) is 3.92. The minimum absolute atomic E-state index is 0.145. The van der Waals surface area contributed by atoms with E-state index in [0.29, 0.717) is 26.4 Å². The summed E-state index contributed by atoms with van der Waals surface area (Å²) in [5.74, 6) is -0.932. The van der Waals surface area contributed by atoms with Gasteiger partial charge in [-0.2, -0.15) is 13.2 Å². The van der Waals surface area contributed by atoms with Crippen LogP contribution in [0.2, 0.25) is 0 Å². The second kappa shape index (κ2) is 7.51. The van der Waals surface area contributed by atoms with Crippen LogP contribution in [0, 0.1) is 13.8 Å². The molecule has 148 valence electrons. The number of hydrogen-bond acceptors (Lipinski definition) is 6. The number of nitrogens with one attached hydrogen (secondary N) is 1. The number of anilines is 1. The van der Waals surface area contributed by atoms with E-state index in [9.17, 15) is 22.8 Å². The van der Waals surface area contributed by atoms with Crippen LogP contribution in [0.3, 0.4) is 0 Å². The molecule has 0 atom stereocenters. The number of nitrogens with zero attached hydrogens (tertiary/aromatic N) is 1. The van der Waals surface area contributed by atoms with Crippen molar-refractivity contribution in [3.05, 3.63) is 44.8 Å². The first-order valence-electron chi connectivity index (χ1n) is 8.18. The van der Waals surface area contributed by atoms with E-state index in [1.165, 1.54) is 6.07 Å². The van der Waals surface area contributed by atoms with Crippen molar-refractivity contribution in [1.29, 1.82) is 0 Å². The van der Waals surface area contributed by atoms with Gasteiger partial charge in [-0.3, -0.25) is 4.79 Å². The van der Waals surface area contributed by atoms with Crippen LogP contribution in [0.4, 0.5) is 18.2 Å². The summed E-state index contributed by atoms with van der Waals surface area (Å²) in [6.07, 6.45) is -4.55. The average molecular weight is 428 g/mol. The molecule has 0 saturated heterocycles. The molecular weight excluding hydrogens is 413 g/mol. The Kier molecular flexibility index (Phi) is 5.44. The molecule has 3 heterocycles. The molecule has 0 radical (unpaired) electrons. The Hall–Kier alpha value is -2.46. The number of aromatic nitrogens is 1. The first-order chi connectivity index (χ1) is 13.1. The molecule has 5 nitrogen and oxygen atoms in total. The van der Waals surface area contributed by atoms with Crippen LogP contribution in [0.15, 0.2) is 18.2 Å². The number of pyridine rings is 1. The van der Waals surface area contributed by atoms with Crippen molar-refractivity contribution < 1.29 is 27.5 Å². The third-order valence-corrected chi connectivity index (χ3v) is 6.25. The normalized spacial score (nSPS) is 11.6. The molecule has 10 heteroatoms. The fourth-order valence-electron chi connectivity index (χ4n) is 2.59. The van der Waals surface area contributed by atoms with Gasteiger partial charge in [-0.15, -0.1) is 22.7 Å². The molecule has 0 saturated carbocycles. The standard InChI is InChI=1S/C18H15F3N2O3S2/c1-4-26-17(25)13-8(2)7-12(27-13)23-15(24)14-9(3)10-5-6-11(18(19,20)21)22-16(10)28-14/h5-7H,4H2,1-3H3,(H,23,24). The van der Waals surface area contributed by atoms with Gasteiger partial charge < -0.3 is 10.1 Å². The van der Waals surface area contributed by atoms with Gasteiger partial charge in [0.1, 0.15) is 15.4 Å². The first-order valence-corrected chi connectivity index (χ1v) is 9.81. The van der Waals surface area contributed by atoms with Crippen molar-refractivity contribution in [1.82, 2.24) is 4.98 Å². The van der Waals surface area contributed by atoms with Crippen LogP contribution in [0.5, 0.6) is 0 Å². The van der Waals surface area contributed by atoms with Crippen molar-refractivity contribution in [3.8, 4) is 0 Å². The van der Waals surface area contributed by atoms with Gasteiger partial charge in [-0.05, 0) is 50.1 Å². The van der Waals surface area contributed by atoms with Gasteiger partial charge in [0.25, 0.3) is 5.91 Å². The van der Waals surface area contributed by atoms with Crippen LogP contribution in [0.1, 0.15) is 43.1 Å². The second-order valence-electron chi connectivity index (χ2n) is 5.90. The summed E-state index contributed by atoms with van der Waals surface area (Å²) in [6, 6.07) is 3.87. The van der Waals surface area contributed by atoms with Crippen molar-refractivity contribution in [2.75, 3.05) is 11.9 Å². The molecule has 0 unspecified atom stereocenters. The van der Waals surface area contributed by atoms with Crippen LogP contribution >= 0.6 is 22.7 Å². The number of fused-ring (bicyclic) bond motifs is 1. The summed E-state index contributed by atoms with van der Waals surface area (Å²) in [7, 11) is 0. The number of rotatable bonds is 4. The molecule has 3 aromatic rings. The maximum absolute atomic E-state index is 12.9. The predicted octanol–water partition coefficient (Wildman–Crippen LogP) is 5.42. The van der Waals surface area contributed by atoms with Crippen LogP contribution < -0.4 is 5.32 Å². The Bertz CT molecular complexity index is 1070. The van der Waals surface area contributed by atoms with Crippen molar-refractivity contribution in [2.45, 2.75) is 26.9 Å². The summed E-state index contributed by atoms with van der Waals surface area (Å²) in [5.41, 5.74) is 0.224. The molecule has 0 fully saturated rings. The Morgan fingerprint density at radius 2 is 1.89 bits per heavy atom. The number of alkyl halides is 3. The highest BCUT2D eigenvalue weighted by atomic mass is 32.1. The minimum atomic E-state index is -4.55. The quantitative estimate of drug-likeness (QED) is 0.563. The van der Waals surface area contributed by atoms with E-state index in [0.717, 1.165) is 28.7 Å². The van der Waals surface area contributed by atoms with E-state index in [1.807, 2.05) is 0 Å². The Labute approximate surface area is 166 Å². The summed E-state index contributed by atoms with van der Waals surface area (Å²) in [6.45, 7) is 5.33. The number of carbonyl (C=O) groups excluding carboxylic acids is 2. The lowest BCUT2D eigenvalue weighted by Crippen LogP contribution is -2.10. The second-order valence-corrected chi connectivity index (χ2v) is 7.95. The van der Waals surface area contributed by atoms with E-state index >= 15 is 0 Å². The number of carbonyl (C=O) groups is 2. The van der Waals surface area contributed by atoms with E-state index in [-0.39, 0.29) is 16.3 Å². The average Bonchev–Trinajstić information content (AvgIpc) is 3.14. The van der Waals surface area contributed by atoms with Crippen LogP contribution in [0.25, 0.3) is 10.2 Å². The van der Waals surface area contributed by atoms with Gasteiger partial charge in [-0.1, -0.05) is 0 Å². The minimum Gasteiger partial charge on any atom is -0.462 e. The number of halogens is 3. The lowest BCUT2D eigenvalue weighted by atomic mass is 10.2. The number of ether oxygens (including phenoxy) is 1. The van der Waals surface area contributed by atoms with Crippen molar-refractivity contribution >= 4 is 49.8 Å². The maximum Gasteiger partial charge on any atom is 0.433 e. The molecular formula is C18H15F3N2O3S2. The fourth-order valence-corrected chi connectivity index (χ4v) is 4.62. The van der Waals surface area contributed by atoms with Crippen molar-refractivity contribution in [2.24, 2.45) is 0 Å². The molecule has 0 bridgehead atoms. The molecule has 0 aliphatic rings. The lowest BCUT2D eigenvalue weighted by molar-refractivity contribution is -0.140. The molecule has 0 aliphatic carbocycles. The SMILES string of the molecule is CCOC(=O)c1sc(NC(=O)c2sc3nc(C(F)(F)F)ccc3c2C)cc1C. The number of aryl methyl sites for hydroxylation is 2. The molecule has 3 rings (SSSR count). The summed E-state index contributed by atoms with van der Waals surface area (Å²) < 4.78 is 43.5. The number of thiophene rings is 2. The highest BCUT2D eigenvalue weighted by Crippen LogP contribution is 2.35. The highest BCUT2D eigenvalue weighted by Gasteiger charge is 2.33. The van der Waals surface area contributed by atoms with Gasteiger partial charge in [0.15, 0.2) is 0 Å². The smallest absolute Gasteiger partial charge is 0.433 e. The largest absolute Gasteiger partial charge is 0.462 e. The van der Waals surface area contributed by atoms with E-state index in [4.69, 9.17) is 4.74 Å². The molecule has 0 spiro atoms. The molecule has 0 aliphatic heterocycles. The highest BCUT2D eigenvalue weighted by molar-refractivity contribution is 7.21. The van der Waals surface area contributed by atoms with Gasteiger partial charge in [0, 0.05) is 5.39 Å². The molecule has 3 aromatic heterocycles. The predicted molar refractivity (Wildman–Crippen MR) is 102 cm³/mol. The van der Waals surface area contributed by atoms with E-state index in [1.54, 1.807) is 26.8 Å². The Balaban J connectivity index is 1.89. The zero-order chi connectivity index (χ0) is 20.6. The number of hydrogen-bond donors (Lipinski definition) is 1. The molecule has 28 heavy (non-hydrogen) atoms.